The van der Waals surface area contributed by atoms with E-state index >= 15 is 0 Å². The van der Waals surface area contributed by atoms with Crippen LogP contribution in [0.4, 0.5) is 0 Å². The van der Waals surface area contributed by atoms with E-state index in [0.29, 0.717) is 25.3 Å². The lowest BCUT2D eigenvalue weighted by molar-refractivity contribution is 0.470. The van der Waals surface area contributed by atoms with Gasteiger partial charge in [-0.05, 0) is 13.3 Å². The van der Waals surface area contributed by atoms with Crippen LogP contribution in [0.15, 0.2) is 11.2 Å². The monoisotopic (exact) mass is 280 g/mol. The summed E-state index contributed by atoms with van der Waals surface area (Å²) < 4.78 is 27.4. The van der Waals surface area contributed by atoms with Gasteiger partial charge in [-0.15, -0.1) is 12.4 Å². The van der Waals surface area contributed by atoms with Gasteiger partial charge in [0.15, 0.2) is 5.03 Å². The van der Waals surface area contributed by atoms with Crippen molar-refractivity contribution in [2.24, 2.45) is 12.8 Å². The van der Waals surface area contributed by atoms with Gasteiger partial charge in [0.2, 0.25) is 0 Å². The molecule has 1 aliphatic heterocycles. The number of imidazole rings is 1. The molecule has 0 aliphatic carbocycles. The highest BCUT2D eigenvalue weighted by molar-refractivity contribution is 7.89. The summed E-state index contributed by atoms with van der Waals surface area (Å²) in [4.78, 5) is 4.04. The molecule has 1 atom stereocenters. The zero-order chi connectivity index (χ0) is 11.9. The predicted octanol–water partition coefficient (Wildman–Crippen LogP) is -0.128. The van der Waals surface area contributed by atoms with Gasteiger partial charge in [0.1, 0.15) is 5.82 Å². The third kappa shape index (κ3) is 2.62. The van der Waals surface area contributed by atoms with Gasteiger partial charge < -0.3 is 10.3 Å². The molecule has 0 amide bonds. The van der Waals surface area contributed by atoms with Crippen LogP contribution in [0.5, 0.6) is 0 Å². The smallest absolute Gasteiger partial charge is 0.262 e. The van der Waals surface area contributed by atoms with Gasteiger partial charge in [-0.3, -0.25) is 0 Å². The molecule has 0 unspecified atom stereocenters. The Morgan fingerprint density at radius 1 is 1.53 bits per heavy atom. The zero-order valence-corrected chi connectivity index (χ0v) is 11.5. The first-order valence-corrected chi connectivity index (χ1v) is 6.61. The topological polar surface area (TPSA) is 81.2 Å². The quantitative estimate of drug-likeness (QED) is 0.818. The lowest BCUT2D eigenvalue weighted by Gasteiger charge is -2.13. The van der Waals surface area contributed by atoms with Crippen molar-refractivity contribution in [3.63, 3.8) is 0 Å². The van der Waals surface area contributed by atoms with E-state index in [-0.39, 0.29) is 23.5 Å². The van der Waals surface area contributed by atoms with E-state index in [4.69, 9.17) is 5.73 Å². The van der Waals surface area contributed by atoms with Crippen molar-refractivity contribution in [3.8, 4) is 0 Å². The lowest BCUT2D eigenvalue weighted by Crippen LogP contribution is -2.32. The third-order valence-electron chi connectivity index (χ3n) is 2.88. The summed E-state index contributed by atoms with van der Waals surface area (Å²) in [7, 11) is -1.68. The first-order chi connectivity index (χ1) is 7.41. The second-order valence-electron chi connectivity index (χ2n) is 4.15. The number of hydrogen-bond donors (Lipinski definition) is 1. The van der Waals surface area contributed by atoms with Gasteiger partial charge in [0, 0.05) is 32.4 Å². The molecule has 0 saturated carbocycles. The molecule has 1 aromatic rings. The van der Waals surface area contributed by atoms with Crippen LogP contribution in [-0.2, 0) is 17.1 Å². The molecule has 0 aromatic carbocycles. The molecule has 1 aromatic heterocycles. The first kappa shape index (κ1) is 14.4. The van der Waals surface area contributed by atoms with Crippen LogP contribution in [-0.4, -0.2) is 41.4 Å². The standard InChI is InChI=1S/C9H16N4O2S.ClH/c1-7-11-9(6-12(7)2)16(14,15)13-4-3-8(10)5-13;/h6,8H,3-5,10H2,1-2H3;1H/t8-;/m0./s1. The van der Waals surface area contributed by atoms with Crippen molar-refractivity contribution in [1.29, 1.82) is 0 Å². The summed E-state index contributed by atoms with van der Waals surface area (Å²) in [6.45, 7) is 2.64. The maximum atomic E-state index is 12.1. The Balaban J connectivity index is 0.00000144. The fraction of sp³-hybridized carbons (Fsp3) is 0.667. The summed E-state index contributed by atoms with van der Waals surface area (Å²) in [6, 6.07) is -0.0559. The first-order valence-electron chi connectivity index (χ1n) is 5.17. The Hall–Kier alpha value is -0.630. The number of aromatic nitrogens is 2. The highest BCUT2D eigenvalue weighted by Crippen LogP contribution is 2.19. The average Bonchev–Trinajstić information content (AvgIpc) is 2.75. The maximum absolute atomic E-state index is 12.1. The van der Waals surface area contributed by atoms with Crippen LogP contribution in [0, 0.1) is 6.92 Å². The molecule has 1 saturated heterocycles. The van der Waals surface area contributed by atoms with Gasteiger partial charge in [0.25, 0.3) is 10.0 Å². The minimum absolute atomic E-state index is 0. The molecule has 2 heterocycles. The Labute approximate surface area is 107 Å². The molecule has 8 heteroatoms. The van der Waals surface area contributed by atoms with Crippen LogP contribution in [0.25, 0.3) is 0 Å². The number of rotatable bonds is 2. The third-order valence-corrected chi connectivity index (χ3v) is 4.61. The van der Waals surface area contributed by atoms with Gasteiger partial charge in [0.05, 0.1) is 0 Å². The fourth-order valence-corrected chi connectivity index (χ4v) is 3.29. The average molecular weight is 281 g/mol. The van der Waals surface area contributed by atoms with E-state index in [9.17, 15) is 8.42 Å². The Kier molecular flexibility index (Phi) is 4.19. The van der Waals surface area contributed by atoms with Crippen molar-refractivity contribution >= 4 is 22.4 Å². The molecule has 6 nitrogen and oxygen atoms in total. The van der Waals surface area contributed by atoms with E-state index in [2.05, 4.69) is 4.98 Å². The molecule has 2 rings (SSSR count). The van der Waals surface area contributed by atoms with E-state index in [1.54, 1.807) is 18.5 Å². The molecule has 0 radical (unpaired) electrons. The van der Waals surface area contributed by atoms with Crippen molar-refractivity contribution in [2.45, 2.75) is 24.4 Å². The number of nitrogens with zero attached hydrogens (tertiary/aromatic N) is 3. The molecule has 98 valence electrons. The summed E-state index contributed by atoms with van der Waals surface area (Å²) in [5.41, 5.74) is 5.70. The van der Waals surface area contributed by atoms with Crippen LogP contribution in [0.3, 0.4) is 0 Å². The summed E-state index contributed by atoms with van der Waals surface area (Å²) in [5.74, 6) is 0.682. The summed E-state index contributed by atoms with van der Waals surface area (Å²) in [5, 5.41) is 0.113. The molecule has 17 heavy (non-hydrogen) atoms. The summed E-state index contributed by atoms with van der Waals surface area (Å²) >= 11 is 0. The number of nitrogens with two attached hydrogens (primary N) is 1. The second kappa shape index (κ2) is 4.93. The Morgan fingerprint density at radius 2 is 2.18 bits per heavy atom. The van der Waals surface area contributed by atoms with E-state index in [1.165, 1.54) is 10.5 Å². The molecular formula is C9H17ClN4O2S. The highest BCUT2D eigenvalue weighted by atomic mass is 35.5. The van der Waals surface area contributed by atoms with Gasteiger partial charge in [-0.2, -0.15) is 4.31 Å². The SMILES string of the molecule is Cc1nc(S(=O)(=O)N2CC[C@H](N)C2)cn1C.Cl. The van der Waals surface area contributed by atoms with Crippen LogP contribution < -0.4 is 5.73 Å². The Morgan fingerprint density at radius 3 is 2.59 bits per heavy atom. The van der Waals surface area contributed by atoms with Crippen molar-refractivity contribution in [1.82, 2.24) is 13.9 Å². The zero-order valence-electron chi connectivity index (χ0n) is 9.83. The second-order valence-corrected chi connectivity index (χ2v) is 6.03. The maximum Gasteiger partial charge on any atom is 0.262 e. The van der Waals surface area contributed by atoms with Crippen molar-refractivity contribution in [2.75, 3.05) is 13.1 Å². The van der Waals surface area contributed by atoms with Gasteiger partial charge in [-0.25, -0.2) is 13.4 Å². The molecule has 0 spiro atoms. The van der Waals surface area contributed by atoms with Crippen LogP contribution in [0.1, 0.15) is 12.2 Å². The number of aryl methyl sites for hydroxylation is 2. The van der Waals surface area contributed by atoms with Crippen LogP contribution >= 0.6 is 12.4 Å². The molecule has 0 bridgehead atoms. The predicted molar refractivity (Wildman–Crippen MR) is 66.5 cm³/mol. The van der Waals surface area contributed by atoms with E-state index in [1.807, 2.05) is 0 Å². The van der Waals surface area contributed by atoms with Gasteiger partial charge >= 0.3 is 0 Å². The number of hydrogen-bond acceptors (Lipinski definition) is 4. The number of halogens is 1. The minimum atomic E-state index is -3.45. The fourth-order valence-electron chi connectivity index (χ4n) is 1.76. The molecule has 1 fully saturated rings. The summed E-state index contributed by atoms with van der Waals surface area (Å²) in [6.07, 6.45) is 2.25. The normalized spacial score (nSPS) is 21.5. The van der Waals surface area contributed by atoms with Gasteiger partial charge in [-0.1, -0.05) is 0 Å². The van der Waals surface area contributed by atoms with Crippen LogP contribution in [0.2, 0.25) is 0 Å². The van der Waals surface area contributed by atoms with E-state index in [0.717, 1.165) is 0 Å². The highest BCUT2D eigenvalue weighted by Gasteiger charge is 2.32. The van der Waals surface area contributed by atoms with Crippen molar-refractivity contribution in [3.05, 3.63) is 12.0 Å². The Bertz CT molecular complexity index is 480. The van der Waals surface area contributed by atoms with E-state index < -0.39 is 10.0 Å². The number of sulfonamides is 1. The molecule has 1 aliphatic rings. The minimum Gasteiger partial charge on any atom is -0.337 e. The molecule has 2 N–H and O–H groups in total. The van der Waals surface area contributed by atoms with Crippen molar-refractivity contribution < 1.29 is 8.42 Å². The lowest BCUT2D eigenvalue weighted by atomic mass is 10.3. The molecular weight excluding hydrogens is 264 g/mol. The largest absolute Gasteiger partial charge is 0.337 e.